The van der Waals surface area contributed by atoms with E-state index in [1.165, 1.54) is 0 Å². The SMILES string of the molecule is O=C1O[C@@H](CCc2ccccc2)C(=O)C1C(=O)[C@H]1Cc2ccccc2CN1. The van der Waals surface area contributed by atoms with Gasteiger partial charge in [-0.15, -0.1) is 0 Å². The number of fused-ring (bicyclic) bond motifs is 1. The van der Waals surface area contributed by atoms with Crippen LogP contribution in [0, 0.1) is 5.92 Å². The lowest BCUT2D eigenvalue weighted by molar-refractivity contribution is -0.147. The maximum absolute atomic E-state index is 12.9. The molecule has 0 bridgehead atoms. The molecule has 2 heterocycles. The van der Waals surface area contributed by atoms with E-state index in [1.807, 2.05) is 54.6 Å². The van der Waals surface area contributed by atoms with E-state index < -0.39 is 29.8 Å². The molecule has 138 valence electrons. The van der Waals surface area contributed by atoms with Gasteiger partial charge in [-0.1, -0.05) is 54.6 Å². The fourth-order valence-corrected chi connectivity index (χ4v) is 3.83. The van der Waals surface area contributed by atoms with E-state index >= 15 is 0 Å². The van der Waals surface area contributed by atoms with Gasteiger partial charge in [0.15, 0.2) is 23.6 Å². The van der Waals surface area contributed by atoms with Crippen LogP contribution in [0.15, 0.2) is 54.6 Å². The minimum atomic E-state index is -1.30. The quantitative estimate of drug-likeness (QED) is 0.650. The first-order chi connectivity index (χ1) is 13.1. The minimum absolute atomic E-state index is 0.373. The first-order valence-corrected chi connectivity index (χ1v) is 9.25. The number of aryl methyl sites for hydroxylation is 1. The second-order valence-electron chi connectivity index (χ2n) is 7.09. The number of ether oxygens (including phenoxy) is 1. The van der Waals surface area contributed by atoms with Crippen LogP contribution < -0.4 is 5.32 Å². The summed E-state index contributed by atoms with van der Waals surface area (Å²) in [6, 6.07) is 17.1. The van der Waals surface area contributed by atoms with Gasteiger partial charge in [0.25, 0.3) is 0 Å². The highest BCUT2D eigenvalue weighted by molar-refractivity contribution is 6.23. The number of hydrogen-bond acceptors (Lipinski definition) is 5. The van der Waals surface area contributed by atoms with Crippen LogP contribution in [-0.2, 0) is 38.5 Å². The van der Waals surface area contributed by atoms with Crippen molar-refractivity contribution in [3.63, 3.8) is 0 Å². The van der Waals surface area contributed by atoms with Crippen molar-refractivity contribution in [1.29, 1.82) is 0 Å². The Kier molecular flexibility index (Phi) is 4.86. The fourth-order valence-electron chi connectivity index (χ4n) is 3.83. The normalized spacial score (nSPS) is 24.4. The second kappa shape index (κ2) is 7.45. The summed E-state index contributed by atoms with van der Waals surface area (Å²) in [6.45, 7) is 0.556. The number of rotatable bonds is 5. The zero-order chi connectivity index (χ0) is 18.8. The van der Waals surface area contributed by atoms with Crippen LogP contribution in [0.2, 0.25) is 0 Å². The lowest BCUT2D eigenvalue weighted by Crippen LogP contribution is -2.47. The first kappa shape index (κ1) is 17.6. The molecule has 5 nitrogen and oxygen atoms in total. The van der Waals surface area contributed by atoms with Crippen molar-refractivity contribution in [1.82, 2.24) is 5.32 Å². The topological polar surface area (TPSA) is 72.5 Å². The van der Waals surface area contributed by atoms with Crippen LogP contribution in [0.3, 0.4) is 0 Å². The molecule has 0 aromatic heterocycles. The van der Waals surface area contributed by atoms with E-state index in [2.05, 4.69) is 5.32 Å². The molecule has 2 aliphatic heterocycles. The van der Waals surface area contributed by atoms with Crippen molar-refractivity contribution < 1.29 is 19.1 Å². The Morgan fingerprint density at radius 3 is 2.48 bits per heavy atom. The third-order valence-corrected chi connectivity index (χ3v) is 5.34. The molecule has 1 N–H and O–H groups in total. The lowest BCUT2D eigenvalue weighted by atomic mass is 9.86. The molecule has 0 saturated carbocycles. The van der Waals surface area contributed by atoms with Crippen LogP contribution >= 0.6 is 0 Å². The lowest BCUT2D eigenvalue weighted by Gasteiger charge is -2.25. The second-order valence-corrected chi connectivity index (χ2v) is 7.09. The Balaban J connectivity index is 1.42. The van der Waals surface area contributed by atoms with Crippen molar-refractivity contribution in [2.24, 2.45) is 5.92 Å². The van der Waals surface area contributed by atoms with Crippen molar-refractivity contribution in [3.8, 4) is 0 Å². The van der Waals surface area contributed by atoms with Gasteiger partial charge >= 0.3 is 5.97 Å². The molecule has 2 aromatic carbocycles. The number of Topliss-reactive ketones (excluding diaryl/α,β-unsaturated/α-hetero) is 2. The summed E-state index contributed by atoms with van der Waals surface area (Å²) in [4.78, 5) is 37.8. The van der Waals surface area contributed by atoms with E-state index in [1.54, 1.807) is 0 Å². The number of hydrogen-bond donors (Lipinski definition) is 1. The van der Waals surface area contributed by atoms with Crippen LogP contribution in [0.1, 0.15) is 23.1 Å². The van der Waals surface area contributed by atoms with Gasteiger partial charge in [-0.05, 0) is 36.0 Å². The molecule has 1 fully saturated rings. The van der Waals surface area contributed by atoms with E-state index in [4.69, 9.17) is 4.74 Å². The highest BCUT2D eigenvalue weighted by atomic mass is 16.6. The Bertz CT molecular complexity index is 877. The summed E-state index contributed by atoms with van der Waals surface area (Å²) in [5.41, 5.74) is 3.29. The Morgan fingerprint density at radius 2 is 1.70 bits per heavy atom. The maximum Gasteiger partial charge on any atom is 0.325 e. The number of carbonyl (C=O) groups excluding carboxylic acids is 3. The number of ketones is 2. The number of carbonyl (C=O) groups is 3. The average molecular weight is 363 g/mol. The summed E-state index contributed by atoms with van der Waals surface area (Å²) in [5, 5.41) is 3.16. The molecule has 1 unspecified atom stereocenters. The summed E-state index contributed by atoms with van der Waals surface area (Å²) in [6.07, 6.45) is 0.683. The molecular formula is C22H21NO4. The molecular weight excluding hydrogens is 342 g/mol. The summed E-state index contributed by atoms with van der Waals surface area (Å²) in [5.74, 6) is -2.78. The number of cyclic esters (lactones) is 1. The molecule has 27 heavy (non-hydrogen) atoms. The molecule has 2 aliphatic rings. The van der Waals surface area contributed by atoms with Gasteiger partial charge in [-0.2, -0.15) is 0 Å². The van der Waals surface area contributed by atoms with E-state index in [-0.39, 0.29) is 5.78 Å². The van der Waals surface area contributed by atoms with Gasteiger partial charge in [-0.25, -0.2) is 0 Å². The fraction of sp³-hybridized carbons (Fsp3) is 0.318. The minimum Gasteiger partial charge on any atom is -0.453 e. The predicted octanol–water partition coefficient (Wildman–Crippen LogP) is 2.01. The third-order valence-electron chi connectivity index (χ3n) is 5.34. The number of benzene rings is 2. The molecule has 0 radical (unpaired) electrons. The Morgan fingerprint density at radius 1 is 1.00 bits per heavy atom. The molecule has 4 rings (SSSR count). The Labute approximate surface area is 157 Å². The number of esters is 1. The van der Waals surface area contributed by atoms with Crippen molar-refractivity contribution in [3.05, 3.63) is 71.3 Å². The largest absolute Gasteiger partial charge is 0.453 e. The van der Waals surface area contributed by atoms with Gasteiger partial charge in [0, 0.05) is 6.54 Å². The zero-order valence-corrected chi connectivity index (χ0v) is 14.9. The monoisotopic (exact) mass is 363 g/mol. The predicted molar refractivity (Wildman–Crippen MR) is 98.9 cm³/mol. The molecule has 0 amide bonds. The van der Waals surface area contributed by atoms with Crippen LogP contribution in [0.25, 0.3) is 0 Å². The summed E-state index contributed by atoms with van der Waals surface area (Å²) < 4.78 is 5.25. The average Bonchev–Trinajstić information content (AvgIpc) is 2.99. The standard InChI is InChI=1S/C22H21NO4/c24-20(17-12-15-8-4-5-9-16(15)13-23-17)19-21(25)18(27-22(19)26)11-10-14-6-2-1-3-7-14/h1-9,17-19,23H,10-13H2/t17-,18+,19?/m1/s1. The van der Waals surface area contributed by atoms with E-state index in [0.717, 1.165) is 16.7 Å². The van der Waals surface area contributed by atoms with Crippen LogP contribution in [0.5, 0.6) is 0 Å². The van der Waals surface area contributed by atoms with Gasteiger partial charge in [0.1, 0.15) is 0 Å². The van der Waals surface area contributed by atoms with Crippen molar-refractivity contribution in [2.75, 3.05) is 0 Å². The van der Waals surface area contributed by atoms with E-state index in [0.29, 0.717) is 25.8 Å². The first-order valence-electron chi connectivity index (χ1n) is 9.25. The number of nitrogens with one attached hydrogen (secondary N) is 1. The molecule has 2 aromatic rings. The van der Waals surface area contributed by atoms with Gasteiger partial charge in [0.05, 0.1) is 6.04 Å². The van der Waals surface area contributed by atoms with Crippen LogP contribution in [-0.4, -0.2) is 29.7 Å². The van der Waals surface area contributed by atoms with Gasteiger partial charge < -0.3 is 10.1 Å². The van der Waals surface area contributed by atoms with E-state index in [9.17, 15) is 14.4 Å². The van der Waals surface area contributed by atoms with Crippen LogP contribution in [0.4, 0.5) is 0 Å². The maximum atomic E-state index is 12.9. The van der Waals surface area contributed by atoms with Crippen molar-refractivity contribution in [2.45, 2.75) is 38.0 Å². The zero-order valence-electron chi connectivity index (χ0n) is 14.9. The molecule has 3 atom stereocenters. The van der Waals surface area contributed by atoms with Crippen molar-refractivity contribution >= 4 is 17.5 Å². The highest BCUT2D eigenvalue weighted by Crippen LogP contribution is 2.26. The van der Waals surface area contributed by atoms with Gasteiger partial charge in [0.2, 0.25) is 0 Å². The highest BCUT2D eigenvalue weighted by Gasteiger charge is 2.49. The molecule has 0 aliphatic carbocycles. The summed E-state index contributed by atoms with van der Waals surface area (Å²) in [7, 11) is 0. The molecule has 1 saturated heterocycles. The molecule has 5 heteroatoms. The Hall–Kier alpha value is -2.79. The third kappa shape index (κ3) is 3.55. The smallest absolute Gasteiger partial charge is 0.325 e. The molecule has 0 spiro atoms. The van der Waals surface area contributed by atoms with Gasteiger partial charge in [-0.3, -0.25) is 14.4 Å². The summed E-state index contributed by atoms with van der Waals surface area (Å²) >= 11 is 0.